The predicted molar refractivity (Wildman–Crippen MR) is 77.4 cm³/mol. The molecule has 0 aromatic heterocycles. The highest BCUT2D eigenvalue weighted by Crippen LogP contribution is 2.27. The summed E-state index contributed by atoms with van der Waals surface area (Å²) in [6.45, 7) is 1.16. The highest BCUT2D eigenvalue weighted by atomic mass is 79.9. The molecule has 19 heavy (non-hydrogen) atoms. The Morgan fingerprint density at radius 2 is 2.11 bits per heavy atom. The molecule has 5 nitrogen and oxygen atoms in total. The summed E-state index contributed by atoms with van der Waals surface area (Å²) in [6.07, 6.45) is 0. The molecule has 0 fully saturated rings. The number of fused-ring (bicyclic) bond motifs is 1. The largest absolute Gasteiger partial charge is 0.383 e. The van der Waals surface area contributed by atoms with Crippen molar-refractivity contribution in [2.45, 2.75) is 9.72 Å². The third kappa shape index (κ3) is 2.98. The number of halogens is 1. The predicted octanol–water partition coefficient (Wildman–Crippen LogP) is 1.48. The number of nitrogens with zero attached hydrogens (tertiary/aromatic N) is 2. The maximum Gasteiger partial charge on any atom is 0.285 e. The van der Waals surface area contributed by atoms with Gasteiger partial charge in [-0.3, -0.25) is 0 Å². The Morgan fingerprint density at radius 1 is 1.42 bits per heavy atom. The van der Waals surface area contributed by atoms with Crippen LogP contribution in [0.15, 0.2) is 33.6 Å². The van der Waals surface area contributed by atoms with E-state index in [4.69, 9.17) is 4.74 Å². The average molecular weight is 347 g/mol. The monoisotopic (exact) mass is 346 g/mol. The summed E-state index contributed by atoms with van der Waals surface area (Å²) in [7, 11) is -0.102. The van der Waals surface area contributed by atoms with Crippen molar-refractivity contribution in [3.8, 4) is 0 Å². The number of rotatable bonds is 4. The molecule has 0 bridgehead atoms. The summed E-state index contributed by atoms with van der Waals surface area (Å²) in [4.78, 5) is 2.21. The minimum absolute atomic E-state index is 0.112. The lowest BCUT2D eigenvalue weighted by molar-refractivity contribution is 0.195. The van der Waals surface area contributed by atoms with Gasteiger partial charge in [0.1, 0.15) is 4.90 Å². The van der Waals surface area contributed by atoms with Gasteiger partial charge in [0.2, 0.25) is 0 Å². The van der Waals surface area contributed by atoms with Crippen LogP contribution in [-0.2, 0) is 14.8 Å². The number of hydrogen-bond acceptors (Lipinski definition) is 4. The van der Waals surface area contributed by atoms with Gasteiger partial charge in [0.15, 0.2) is 5.84 Å². The van der Waals surface area contributed by atoms with Crippen molar-refractivity contribution in [1.82, 2.24) is 4.90 Å². The lowest BCUT2D eigenvalue weighted by atomic mass is 10.2. The van der Waals surface area contributed by atoms with E-state index in [9.17, 15) is 8.42 Å². The Bertz CT molecular complexity index is 601. The number of hydrogen-bond donors (Lipinski definition) is 0. The van der Waals surface area contributed by atoms with E-state index >= 15 is 0 Å². The van der Waals surface area contributed by atoms with Crippen molar-refractivity contribution in [1.29, 1.82) is 0 Å². The molecule has 0 saturated heterocycles. The lowest BCUT2D eigenvalue weighted by Gasteiger charge is -2.21. The van der Waals surface area contributed by atoms with Gasteiger partial charge in [0, 0.05) is 26.3 Å². The minimum Gasteiger partial charge on any atom is -0.383 e. The van der Waals surface area contributed by atoms with Crippen LogP contribution in [0.3, 0.4) is 0 Å². The van der Waals surface area contributed by atoms with E-state index < -0.39 is 10.0 Å². The molecule has 7 heteroatoms. The molecule has 1 unspecified atom stereocenters. The summed E-state index contributed by atoms with van der Waals surface area (Å²) < 4.78 is 32.8. The molecule has 1 aliphatic heterocycles. The first-order valence-electron chi connectivity index (χ1n) is 5.74. The molecule has 0 saturated carbocycles. The second-order valence-corrected chi connectivity index (χ2v) is 7.19. The van der Waals surface area contributed by atoms with Gasteiger partial charge in [0.05, 0.1) is 11.4 Å². The molecule has 1 aromatic carbocycles. The van der Waals surface area contributed by atoms with Crippen molar-refractivity contribution in [3.63, 3.8) is 0 Å². The Hall–Kier alpha value is -0.920. The van der Waals surface area contributed by atoms with E-state index in [2.05, 4.69) is 20.3 Å². The first-order chi connectivity index (χ1) is 8.95. The Balaban J connectivity index is 2.27. The Kier molecular flexibility index (Phi) is 4.27. The molecule has 0 N–H and O–H groups in total. The number of alkyl halides is 1. The van der Waals surface area contributed by atoms with E-state index in [1.54, 1.807) is 25.3 Å². The highest BCUT2D eigenvalue weighted by Gasteiger charge is 2.30. The van der Waals surface area contributed by atoms with E-state index in [0.29, 0.717) is 24.6 Å². The minimum atomic E-state index is -3.55. The first-order valence-corrected chi connectivity index (χ1v) is 8.10. The van der Waals surface area contributed by atoms with Gasteiger partial charge in [-0.25, -0.2) is 0 Å². The number of benzene rings is 1. The third-order valence-corrected chi connectivity index (χ3v) is 4.67. The van der Waals surface area contributed by atoms with Gasteiger partial charge >= 0.3 is 0 Å². The fourth-order valence-electron chi connectivity index (χ4n) is 1.98. The number of sulfonamides is 1. The van der Waals surface area contributed by atoms with Crippen LogP contribution in [0.4, 0.5) is 0 Å². The van der Waals surface area contributed by atoms with E-state index in [0.717, 1.165) is 0 Å². The van der Waals surface area contributed by atoms with Crippen LogP contribution >= 0.6 is 15.9 Å². The van der Waals surface area contributed by atoms with Gasteiger partial charge in [-0.15, -0.1) is 4.40 Å². The van der Waals surface area contributed by atoms with Crippen molar-refractivity contribution in [2.75, 3.05) is 27.3 Å². The quantitative estimate of drug-likeness (QED) is 0.774. The van der Waals surface area contributed by atoms with Crippen molar-refractivity contribution in [3.05, 3.63) is 29.8 Å². The van der Waals surface area contributed by atoms with Gasteiger partial charge in [0.25, 0.3) is 10.0 Å². The lowest BCUT2D eigenvalue weighted by Crippen LogP contribution is -2.33. The summed E-state index contributed by atoms with van der Waals surface area (Å²) >= 11 is 3.48. The van der Waals surface area contributed by atoms with Gasteiger partial charge in [-0.1, -0.05) is 28.1 Å². The van der Waals surface area contributed by atoms with E-state index in [1.807, 2.05) is 18.0 Å². The van der Waals surface area contributed by atoms with Crippen LogP contribution < -0.4 is 0 Å². The van der Waals surface area contributed by atoms with Crippen LogP contribution in [0.2, 0.25) is 0 Å². The number of methoxy groups -OCH3 is 1. The standard InChI is InChI=1S/C12H15BrN2O3S/c1-15(7-9(13)8-18-2)12-10-5-3-4-6-11(10)19(16,17)14-12/h3-6,9H,7-8H2,1-2H3. The van der Waals surface area contributed by atoms with Crippen LogP contribution in [-0.4, -0.2) is 51.3 Å². The van der Waals surface area contributed by atoms with Gasteiger partial charge in [-0.2, -0.15) is 8.42 Å². The second kappa shape index (κ2) is 5.60. The Morgan fingerprint density at radius 3 is 2.79 bits per heavy atom. The average Bonchev–Trinajstić information content (AvgIpc) is 2.63. The van der Waals surface area contributed by atoms with Crippen LogP contribution in [0.1, 0.15) is 5.56 Å². The fourth-order valence-corrected chi connectivity index (χ4v) is 3.93. The molecule has 0 aliphatic carbocycles. The molecule has 104 valence electrons. The highest BCUT2D eigenvalue weighted by molar-refractivity contribution is 9.09. The van der Waals surface area contributed by atoms with Gasteiger partial charge < -0.3 is 9.64 Å². The van der Waals surface area contributed by atoms with Crippen molar-refractivity contribution in [2.24, 2.45) is 4.40 Å². The second-order valence-electron chi connectivity index (χ2n) is 4.32. The molecular formula is C12H15BrN2O3S. The number of amidine groups is 1. The third-order valence-electron chi connectivity index (χ3n) is 2.79. The van der Waals surface area contributed by atoms with Crippen LogP contribution in [0.25, 0.3) is 0 Å². The summed E-state index contributed by atoms with van der Waals surface area (Å²) in [5.41, 5.74) is 0.655. The molecule has 1 atom stereocenters. The normalized spacial score (nSPS) is 17.7. The molecule has 0 spiro atoms. The molecule has 1 heterocycles. The van der Waals surface area contributed by atoms with Crippen LogP contribution in [0, 0.1) is 0 Å². The van der Waals surface area contributed by atoms with Crippen molar-refractivity contribution >= 4 is 31.8 Å². The van der Waals surface area contributed by atoms with E-state index in [-0.39, 0.29) is 9.72 Å². The van der Waals surface area contributed by atoms with E-state index in [1.165, 1.54) is 0 Å². The Labute approximate surface area is 121 Å². The first kappa shape index (κ1) is 14.5. The topological polar surface area (TPSA) is 59.0 Å². The van der Waals surface area contributed by atoms with Crippen molar-refractivity contribution < 1.29 is 13.2 Å². The molecule has 0 radical (unpaired) electrons. The van der Waals surface area contributed by atoms with Crippen LogP contribution in [0.5, 0.6) is 0 Å². The molecule has 1 aromatic rings. The molecule has 1 aliphatic rings. The zero-order valence-electron chi connectivity index (χ0n) is 10.7. The summed E-state index contributed by atoms with van der Waals surface area (Å²) in [5, 5.41) is 0. The summed E-state index contributed by atoms with van der Waals surface area (Å²) in [6, 6.07) is 6.86. The van der Waals surface area contributed by atoms with Gasteiger partial charge in [-0.05, 0) is 12.1 Å². The zero-order chi connectivity index (χ0) is 14.0. The maximum atomic E-state index is 11.9. The zero-order valence-corrected chi connectivity index (χ0v) is 13.1. The SMILES string of the molecule is COCC(Br)CN(C)C1=NS(=O)(=O)c2ccccc21. The molecule has 0 amide bonds. The fraction of sp³-hybridized carbons (Fsp3) is 0.417. The number of ether oxygens (including phenoxy) is 1. The smallest absolute Gasteiger partial charge is 0.285 e. The summed E-state index contributed by atoms with van der Waals surface area (Å²) in [5.74, 6) is 0.483. The molecule has 2 rings (SSSR count). The molecular weight excluding hydrogens is 332 g/mol. The maximum absolute atomic E-state index is 11.9.